The zero-order valence-corrected chi connectivity index (χ0v) is 20.9. The standard InChI is InChI=1S/C28H23N5Se/c1-18-14-15-20-19-8-4-9-21(26(19)34-27(20)30-18)22-10-5-11-23(31-22)28(2,3)24-12-6-13-25(32-24)33-17-7-16-29-33/h4-17H,1-3H3. The van der Waals surface area contributed by atoms with Gasteiger partial charge in [-0.1, -0.05) is 0 Å². The Morgan fingerprint density at radius 2 is 1.56 bits per heavy atom. The molecule has 5 nitrogen and oxygen atoms in total. The van der Waals surface area contributed by atoms with Crippen molar-refractivity contribution in [3.63, 3.8) is 0 Å². The maximum atomic E-state index is 5.17. The summed E-state index contributed by atoms with van der Waals surface area (Å²) in [5, 5.41) is 6.88. The Bertz CT molecular complexity index is 1650. The first-order valence-electron chi connectivity index (χ1n) is 11.2. The number of aryl methyl sites for hydroxylation is 1. The molecule has 6 heteroatoms. The minimum atomic E-state index is -0.371. The van der Waals surface area contributed by atoms with Crippen molar-refractivity contribution in [3.05, 3.63) is 102 Å². The Balaban J connectivity index is 1.46. The van der Waals surface area contributed by atoms with E-state index in [0.717, 1.165) is 28.6 Å². The van der Waals surface area contributed by atoms with E-state index in [2.05, 4.69) is 80.5 Å². The van der Waals surface area contributed by atoms with Crippen molar-refractivity contribution >= 4 is 33.9 Å². The van der Waals surface area contributed by atoms with E-state index in [9.17, 15) is 0 Å². The van der Waals surface area contributed by atoms with Crippen LogP contribution in [0, 0.1) is 6.92 Å². The Labute approximate surface area is 203 Å². The molecule has 0 unspecified atom stereocenters. The second-order valence-corrected chi connectivity index (χ2v) is 11.1. The third-order valence-corrected chi connectivity index (χ3v) is 8.69. The molecule has 5 aromatic heterocycles. The van der Waals surface area contributed by atoms with Crippen LogP contribution >= 0.6 is 0 Å². The van der Waals surface area contributed by atoms with Gasteiger partial charge in [-0.15, -0.1) is 0 Å². The Kier molecular flexibility index (Phi) is 4.94. The molecule has 0 saturated heterocycles. The van der Waals surface area contributed by atoms with Gasteiger partial charge in [0.15, 0.2) is 0 Å². The number of pyridine rings is 3. The molecule has 0 bridgehead atoms. The molecule has 0 N–H and O–H groups in total. The second-order valence-electron chi connectivity index (χ2n) is 8.95. The summed E-state index contributed by atoms with van der Waals surface area (Å²) < 4.78 is 4.36. The molecule has 6 rings (SSSR count). The van der Waals surface area contributed by atoms with Crippen molar-refractivity contribution in [1.29, 1.82) is 0 Å². The normalized spacial score (nSPS) is 12.0. The van der Waals surface area contributed by atoms with Crippen LogP contribution in [0.15, 0.2) is 85.2 Å². The zero-order chi connectivity index (χ0) is 23.3. The van der Waals surface area contributed by atoms with E-state index >= 15 is 0 Å². The first-order valence-corrected chi connectivity index (χ1v) is 13.0. The van der Waals surface area contributed by atoms with Crippen molar-refractivity contribution in [2.45, 2.75) is 26.2 Å². The van der Waals surface area contributed by atoms with Crippen LogP contribution in [-0.4, -0.2) is 39.2 Å². The minimum absolute atomic E-state index is 0.167. The van der Waals surface area contributed by atoms with Crippen LogP contribution in [0.25, 0.3) is 36.5 Å². The molecule has 0 spiro atoms. The molecule has 1 aromatic carbocycles. The van der Waals surface area contributed by atoms with Gasteiger partial charge in [0.2, 0.25) is 0 Å². The number of rotatable bonds is 4. The predicted octanol–water partition coefficient (Wildman–Crippen LogP) is 5.72. The molecule has 6 aromatic rings. The summed E-state index contributed by atoms with van der Waals surface area (Å²) in [6, 6.07) is 25.1. The third-order valence-electron chi connectivity index (χ3n) is 6.28. The number of aromatic nitrogens is 5. The molecule has 0 fully saturated rings. The summed E-state index contributed by atoms with van der Waals surface area (Å²) in [5.41, 5.74) is 4.84. The van der Waals surface area contributed by atoms with Crippen molar-refractivity contribution in [2.24, 2.45) is 0 Å². The average molecular weight is 508 g/mol. The van der Waals surface area contributed by atoms with Crippen LogP contribution < -0.4 is 0 Å². The molecule has 0 radical (unpaired) electrons. The van der Waals surface area contributed by atoms with E-state index in [1.54, 1.807) is 10.9 Å². The summed E-state index contributed by atoms with van der Waals surface area (Å²) in [6.45, 7) is 6.41. The molecular formula is C28H23N5Se. The van der Waals surface area contributed by atoms with Gasteiger partial charge < -0.3 is 0 Å². The van der Waals surface area contributed by atoms with E-state index < -0.39 is 0 Å². The Hall–Kier alpha value is -3.60. The van der Waals surface area contributed by atoms with Crippen molar-refractivity contribution < 1.29 is 0 Å². The van der Waals surface area contributed by atoms with E-state index in [4.69, 9.17) is 15.0 Å². The average Bonchev–Trinajstić information content (AvgIpc) is 3.52. The molecule has 0 amide bonds. The molecule has 0 saturated carbocycles. The van der Waals surface area contributed by atoms with E-state index in [0.29, 0.717) is 0 Å². The summed E-state index contributed by atoms with van der Waals surface area (Å²) >= 11 is 0.167. The SMILES string of the molecule is Cc1ccc2c(n1)[se]c1c(-c3cccc(C(C)(C)c4cccc(-n5cccn5)n4)n3)cccc12. The van der Waals surface area contributed by atoms with Gasteiger partial charge in [0.1, 0.15) is 0 Å². The quantitative estimate of drug-likeness (QED) is 0.286. The summed E-state index contributed by atoms with van der Waals surface area (Å²) in [6.07, 6.45) is 3.67. The van der Waals surface area contributed by atoms with Gasteiger partial charge in [-0.3, -0.25) is 0 Å². The molecule has 166 valence electrons. The molecule has 0 aliphatic heterocycles. The third kappa shape index (κ3) is 3.47. The number of benzene rings is 1. The second kappa shape index (κ2) is 8.01. The van der Waals surface area contributed by atoms with Crippen LogP contribution in [0.4, 0.5) is 0 Å². The molecule has 34 heavy (non-hydrogen) atoms. The zero-order valence-electron chi connectivity index (χ0n) is 19.2. The van der Waals surface area contributed by atoms with Gasteiger partial charge in [-0.05, 0) is 0 Å². The van der Waals surface area contributed by atoms with E-state index in [1.165, 1.54) is 25.0 Å². The molecule has 0 atom stereocenters. The van der Waals surface area contributed by atoms with Crippen molar-refractivity contribution in [3.8, 4) is 17.1 Å². The fourth-order valence-electron chi connectivity index (χ4n) is 4.34. The first-order chi connectivity index (χ1) is 16.5. The maximum absolute atomic E-state index is 5.17. The van der Waals surface area contributed by atoms with Crippen molar-refractivity contribution in [1.82, 2.24) is 24.7 Å². The fourth-order valence-corrected chi connectivity index (χ4v) is 6.95. The number of fused-ring (bicyclic) bond motifs is 3. The Morgan fingerprint density at radius 1 is 0.765 bits per heavy atom. The summed E-state index contributed by atoms with van der Waals surface area (Å²) in [5.74, 6) is 0.802. The molecule has 5 heterocycles. The Morgan fingerprint density at radius 3 is 2.38 bits per heavy atom. The number of nitrogens with zero attached hydrogens (tertiary/aromatic N) is 5. The predicted molar refractivity (Wildman–Crippen MR) is 138 cm³/mol. The van der Waals surface area contributed by atoms with Crippen LogP contribution in [0.2, 0.25) is 0 Å². The fraction of sp³-hybridized carbons (Fsp3) is 0.143. The summed E-state index contributed by atoms with van der Waals surface area (Å²) in [7, 11) is 0. The molecule has 0 aliphatic rings. The van der Waals surface area contributed by atoms with Crippen LogP contribution in [-0.2, 0) is 5.41 Å². The van der Waals surface area contributed by atoms with Gasteiger partial charge in [-0.25, -0.2) is 0 Å². The van der Waals surface area contributed by atoms with E-state index in [1.807, 2.05) is 24.4 Å². The van der Waals surface area contributed by atoms with Gasteiger partial charge in [0, 0.05) is 0 Å². The molecular weight excluding hydrogens is 485 g/mol. The van der Waals surface area contributed by atoms with Crippen LogP contribution in [0.5, 0.6) is 0 Å². The summed E-state index contributed by atoms with van der Waals surface area (Å²) in [4.78, 5) is 14.9. The molecule has 0 aliphatic carbocycles. The number of hydrogen-bond acceptors (Lipinski definition) is 4. The van der Waals surface area contributed by atoms with Crippen LogP contribution in [0.3, 0.4) is 0 Å². The van der Waals surface area contributed by atoms with E-state index in [-0.39, 0.29) is 19.9 Å². The van der Waals surface area contributed by atoms with Gasteiger partial charge in [0.05, 0.1) is 0 Å². The van der Waals surface area contributed by atoms with Crippen molar-refractivity contribution in [2.75, 3.05) is 0 Å². The topological polar surface area (TPSA) is 56.5 Å². The van der Waals surface area contributed by atoms with Gasteiger partial charge in [-0.2, -0.15) is 0 Å². The van der Waals surface area contributed by atoms with Crippen LogP contribution in [0.1, 0.15) is 30.9 Å². The van der Waals surface area contributed by atoms with Gasteiger partial charge >= 0.3 is 204 Å². The number of hydrogen-bond donors (Lipinski definition) is 0. The van der Waals surface area contributed by atoms with Gasteiger partial charge in [0.25, 0.3) is 0 Å². The first kappa shape index (κ1) is 21.0. The monoisotopic (exact) mass is 509 g/mol.